The Kier molecular flexibility index (Phi) is 4.48. The van der Waals surface area contributed by atoms with E-state index in [1.807, 2.05) is 12.1 Å². The maximum absolute atomic E-state index is 13.7. The van der Waals surface area contributed by atoms with Gasteiger partial charge in [0.05, 0.1) is 0 Å². The first kappa shape index (κ1) is 13.2. The molecule has 1 aromatic carbocycles. The van der Waals surface area contributed by atoms with Crippen LogP contribution in [0.3, 0.4) is 0 Å². The molecule has 2 heteroatoms. The maximum Gasteiger partial charge on any atom is 0.126 e. The Morgan fingerprint density at radius 2 is 1.94 bits per heavy atom. The molecule has 0 amide bonds. The van der Waals surface area contributed by atoms with Crippen molar-refractivity contribution in [3.8, 4) is 0 Å². The van der Waals surface area contributed by atoms with Gasteiger partial charge in [0.2, 0.25) is 0 Å². The van der Waals surface area contributed by atoms with Crippen molar-refractivity contribution in [3.05, 3.63) is 35.6 Å². The molecule has 1 nitrogen and oxygen atoms in total. The summed E-state index contributed by atoms with van der Waals surface area (Å²) in [6.07, 6.45) is 1.09. The van der Waals surface area contributed by atoms with Crippen molar-refractivity contribution < 1.29 is 4.39 Å². The highest BCUT2D eigenvalue weighted by molar-refractivity contribution is 5.25. The highest BCUT2D eigenvalue weighted by atomic mass is 19.1. The van der Waals surface area contributed by atoms with Crippen molar-refractivity contribution in [1.29, 1.82) is 0 Å². The Morgan fingerprint density at radius 3 is 2.50 bits per heavy atom. The lowest BCUT2D eigenvalue weighted by molar-refractivity contribution is 0.409. The molecule has 0 bridgehead atoms. The lowest BCUT2D eigenvalue weighted by Crippen LogP contribution is -2.38. The van der Waals surface area contributed by atoms with Gasteiger partial charge in [0.25, 0.3) is 0 Å². The van der Waals surface area contributed by atoms with Crippen LogP contribution in [0.4, 0.5) is 4.39 Å². The zero-order valence-corrected chi connectivity index (χ0v) is 10.7. The summed E-state index contributed by atoms with van der Waals surface area (Å²) < 4.78 is 13.7. The van der Waals surface area contributed by atoms with Crippen LogP contribution in [0.2, 0.25) is 0 Å². The summed E-state index contributed by atoms with van der Waals surface area (Å²) in [6.45, 7) is 9.23. The molecule has 0 aromatic heterocycles. The largest absolute Gasteiger partial charge is 0.313 e. The van der Waals surface area contributed by atoms with E-state index in [2.05, 4.69) is 33.0 Å². The van der Waals surface area contributed by atoms with E-state index in [9.17, 15) is 4.39 Å². The summed E-state index contributed by atoms with van der Waals surface area (Å²) in [5.41, 5.74) is 0.611. The smallest absolute Gasteiger partial charge is 0.126 e. The molecule has 1 atom stereocenters. The van der Waals surface area contributed by atoms with E-state index < -0.39 is 0 Å². The minimum atomic E-state index is -0.172. The van der Waals surface area contributed by atoms with E-state index in [1.54, 1.807) is 6.07 Å². The van der Waals surface area contributed by atoms with Crippen LogP contribution < -0.4 is 5.32 Å². The van der Waals surface area contributed by atoms with Gasteiger partial charge in [-0.1, -0.05) is 39.0 Å². The standard InChI is InChI=1S/C14H22FN/c1-5-11(2)16-10-14(3,4)12-8-6-7-9-13(12)15/h6-9,11,16H,5,10H2,1-4H3. The summed E-state index contributed by atoms with van der Waals surface area (Å²) in [6, 6.07) is 7.50. The molecule has 16 heavy (non-hydrogen) atoms. The summed E-state index contributed by atoms with van der Waals surface area (Å²) in [5, 5.41) is 3.43. The van der Waals surface area contributed by atoms with Crippen molar-refractivity contribution in [3.63, 3.8) is 0 Å². The second kappa shape index (κ2) is 5.44. The quantitative estimate of drug-likeness (QED) is 0.805. The van der Waals surface area contributed by atoms with E-state index >= 15 is 0 Å². The molecular formula is C14H22FN. The van der Waals surface area contributed by atoms with Crippen LogP contribution >= 0.6 is 0 Å². The SMILES string of the molecule is CCC(C)NCC(C)(C)c1ccccc1F. The first-order valence-electron chi connectivity index (χ1n) is 5.95. The Morgan fingerprint density at radius 1 is 1.31 bits per heavy atom. The monoisotopic (exact) mass is 223 g/mol. The fourth-order valence-electron chi connectivity index (χ4n) is 1.68. The number of halogens is 1. The third-order valence-corrected chi connectivity index (χ3v) is 3.11. The van der Waals surface area contributed by atoms with Crippen molar-refractivity contribution >= 4 is 0 Å². The average molecular weight is 223 g/mol. The first-order valence-corrected chi connectivity index (χ1v) is 5.95. The molecule has 0 radical (unpaired) electrons. The van der Waals surface area contributed by atoms with Crippen LogP contribution in [0.1, 0.15) is 39.7 Å². The zero-order valence-electron chi connectivity index (χ0n) is 10.7. The van der Waals surface area contributed by atoms with E-state index in [-0.39, 0.29) is 11.2 Å². The van der Waals surface area contributed by atoms with Gasteiger partial charge in [-0.05, 0) is 25.0 Å². The topological polar surface area (TPSA) is 12.0 Å². The molecule has 0 aliphatic heterocycles. The lowest BCUT2D eigenvalue weighted by Gasteiger charge is -2.28. The summed E-state index contributed by atoms with van der Waals surface area (Å²) >= 11 is 0. The highest BCUT2D eigenvalue weighted by Gasteiger charge is 2.23. The molecule has 1 aromatic rings. The molecule has 0 aliphatic rings. The summed E-state index contributed by atoms with van der Waals surface area (Å²) in [4.78, 5) is 0. The van der Waals surface area contributed by atoms with Crippen LogP contribution in [0.15, 0.2) is 24.3 Å². The lowest BCUT2D eigenvalue weighted by atomic mass is 9.84. The molecule has 1 N–H and O–H groups in total. The van der Waals surface area contributed by atoms with Gasteiger partial charge in [-0.25, -0.2) is 4.39 Å². The Hall–Kier alpha value is -0.890. The molecule has 1 rings (SSSR count). The predicted molar refractivity (Wildman–Crippen MR) is 67.2 cm³/mol. The number of rotatable bonds is 5. The molecular weight excluding hydrogens is 201 g/mol. The zero-order chi connectivity index (χ0) is 12.2. The van der Waals surface area contributed by atoms with Gasteiger partial charge in [0, 0.05) is 18.0 Å². The summed E-state index contributed by atoms with van der Waals surface area (Å²) in [7, 11) is 0. The first-order chi connectivity index (χ1) is 7.47. The van der Waals surface area contributed by atoms with Crippen molar-refractivity contribution in [1.82, 2.24) is 5.32 Å². The average Bonchev–Trinajstić information content (AvgIpc) is 2.26. The fraction of sp³-hybridized carbons (Fsp3) is 0.571. The Bertz CT molecular complexity index is 333. The molecule has 0 aliphatic carbocycles. The van der Waals surface area contributed by atoms with E-state index in [1.165, 1.54) is 6.07 Å². The van der Waals surface area contributed by atoms with Gasteiger partial charge in [-0.2, -0.15) is 0 Å². The minimum absolute atomic E-state index is 0.113. The van der Waals surface area contributed by atoms with Gasteiger partial charge in [0.1, 0.15) is 5.82 Å². The summed E-state index contributed by atoms with van der Waals surface area (Å²) in [5.74, 6) is -0.113. The fourth-order valence-corrected chi connectivity index (χ4v) is 1.68. The number of hydrogen-bond donors (Lipinski definition) is 1. The van der Waals surface area contributed by atoms with E-state index in [4.69, 9.17) is 0 Å². The van der Waals surface area contributed by atoms with Crippen LogP contribution in [0, 0.1) is 5.82 Å². The Balaban J connectivity index is 2.74. The predicted octanol–water partition coefficient (Wildman–Crippen LogP) is 3.49. The molecule has 0 spiro atoms. The van der Waals surface area contributed by atoms with E-state index in [0.717, 1.165) is 18.5 Å². The van der Waals surface area contributed by atoms with Crippen LogP contribution in [0.25, 0.3) is 0 Å². The van der Waals surface area contributed by atoms with Crippen LogP contribution in [-0.2, 0) is 5.41 Å². The number of nitrogens with one attached hydrogen (secondary N) is 1. The van der Waals surface area contributed by atoms with Gasteiger partial charge < -0.3 is 5.32 Å². The van der Waals surface area contributed by atoms with Gasteiger partial charge in [-0.15, -0.1) is 0 Å². The van der Waals surface area contributed by atoms with E-state index in [0.29, 0.717) is 6.04 Å². The van der Waals surface area contributed by atoms with Crippen molar-refractivity contribution in [2.45, 2.75) is 45.6 Å². The highest BCUT2D eigenvalue weighted by Crippen LogP contribution is 2.24. The third-order valence-electron chi connectivity index (χ3n) is 3.11. The molecule has 0 saturated carbocycles. The minimum Gasteiger partial charge on any atom is -0.313 e. The van der Waals surface area contributed by atoms with Crippen molar-refractivity contribution in [2.24, 2.45) is 0 Å². The van der Waals surface area contributed by atoms with Crippen LogP contribution in [-0.4, -0.2) is 12.6 Å². The van der Waals surface area contributed by atoms with Gasteiger partial charge >= 0.3 is 0 Å². The van der Waals surface area contributed by atoms with Crippen LogP contribution in [0.5, 0.6) is 0 Å². The second-order valence-electron chi connectivity index (χ2n) is 5.05. The Labute approximate surface area is 98.1 Å². The van der Waals surface area contributed by atoms with Crippen molar-refractivity contribution in [2.75, 3.05) is 6.54 Å². The van der Waals surface area contributed by atoms with Gasteiger partial charge in [0.15, 0.2) is 0 Å². The normalized spacial score (nSPS) is 13.8. The number of hydrogen-bond acceptors (Lipinski definition) is 1. The molecule has 0 saturated heterocycles. The second-order valence-corrected chi connectivity index (χ2v) is 5.05. The molecule has 0 heterocycles. The maximum atomic E-state index is 13.7. The number of benzene rings is 1. The van der Waals surface area contributed by atoms with Gasteiger partial charge in [-0.3, -0.25) is 0 Å². The molecule has 90 valence electrons. The third kappa shape index (κ3) is 3.31. The molecule has 1 unspecified atom stereocenters. The molecule has 0 fully saturated rings.